The molecular weight excluding hydrogens is 516 g/mol. The topological polar surface area (TPSA) is 60.2 Å². The molecule has 0 amide bonds. The molecule has 0 atom stereocenters. The van der Waals surface area contributed by atoms with Gasteiger partial charge in [0.1, 0.15) is 0 Å². The van der Waals surface area contributed by atoms with E-state index in [0.717, 1.165) is 0 Å². The van der Waals surface area contributed by atoms with Crippen molar-refractivity contribution in [2.75, 3.05) is 0 Å². The minimum atomic E-state index is -6.73. The Morgan fingerprint density at radius 2 is 0.633 bits per heavy atom. The van der Waals surface area contributed by atoms with Gasteiger partial charge in [-0.2, -0.15) is 61.5 Å². The summed E-state index contributed by atoms with van der Waals surface area (Å²) < 4.78 is 222. The lowest BCUT2D eigenvalue weighted by atomic mass is 10.2. The lowest BCUT2D eigenvalue weighted by Crippen LogP contribution is -2.55. The van der Waals surface area contributed by atoms with Gasteiger partial charge >= 0.3 is 48.9 Å². The van der Waals surface area contributed by atoms with Crippen LogP contribution in [0.4, 0.5) is 79.0 Å². The van der Waals surface area contributed by atoms with Crippen LogP contribution in [0.3, 0.4) is 0 Å². The molecule has 2 N–H and O–H groups in total. The maximum atomic E-state index is 11.6. The molecule has 0 radical (unpaired) electrons. The highest BCUT2D eigenvalue weighted by atomic mass is 32.2. The largest absolute Gasteiger partial charge is 0.460 e. The van der Waals surface area contributed by atoms with Crippen LogP contribution in [0.2, 0.25) is 0 Å². The molecule has 0 heterocycles. The SMILES string of the molecule is FC(F)C(F)(F)C(F)(F)C(F)(F)F.FC(F)C(F)(F)C(F)(F)C(F)(F)F.N[SH](=O)=O. The Bertz CT molecular complexity index is 540. The Balaban J connectivity index is -0.000000412. The van der Waals surface area contributed by atoms with Crippen molar-refractivity contribution in [3.63, 3.8) is 0 Å². The van der Waals surface area contributed by atoms with Crippen LogP contribution in [-0.4, -0.2) is 57.3 Å². The number of thiol groups is 1. The zero-order chi connectivity index (χ0) is 25.7. The summed E-state index contributed by atoms with van der Waals surface area (Å²) in [6.45, 7) is 0. The first-order valence-corrected chi connectivity index (χ1v) is 6.97. The van der Waals surface area contributed by atoms with E-state index in [0.29, 0.717) is 0 Å². The number of nitrogens with two attached hydrogens (primary N) is 1. The molecule has 0 aliphatic rings. The maximum absolute atomic E-state index is 11.6. The molecule has 0 fully saturated rings. The predicted molar refractivity (Wildman–Crippen MR) is 58.4 cm³/mol. The van der Waals surface area contributed by atoms with Gasteiger partial charge in [0, 0.05) is 0 Å². The second-order valence-corrected chi connectivity index (χ2v) is 4.85. The van der Waals surface area contributed by atoms with Gasteiger partial charge in [0.25, 0.3) is 0 Å². The molecule has 0 spiro atoms. The lowest BCUT2D eigenvalue weighted by molar-refractivity contribution is -0.375. The van der Waals surface area contributed by atoms with Gasteiger partial charge in [0.2, 0.25) is 0 Å². The number of hydrogen-bond acceptors (Lipinski definition) is 2. The van der Waals surface area contributed by atoms with Crippen molar-refractivity contribution in [3.8, 4) is 0 Å². The van der Waals surface area contributed by atoms with E-state index in [-0.39, 0.29) is 0 Å². The highest BCUT2D eigenvalue weighted by Crippen LogP contribution is 2.49. The van der Waals surface area contributed by atoms with Crippen LogP contribution in [0, 0.1) is 0 Å². The first-order valence-electron chi connectivity index (χ1n) is 5.72. The fraction of sp³-hybridized carbons (Fsp3) is 1.00. The van der Waals surface area contributed by atoms with Crippen LogP contribution >= 0.6 is 0 Å². The van der Waals surface area contributed by atoms with Crippen molar-refractivity contribution in [1.29, 1.82) is 0 Å². The van der Waals surface area contributed by atoms with Gasteiger partial charge in [-0.25, -0.2) is 31.1 Å². The fourth-order valence-electron chi connectivity index (χ4n) is 0.652. The van der Waals surface area contributed by atoms with Crippen molar-refractivity contribution in [2.24, 2.45) is 5.14 Å². The molecule has 0 aromatic rings. The quantitative estimate of drug-likeness (QED) is 0.419. The summed E-state index contributed by atoms with van der Waals surface area (Å²) in [5, 5.41) is 4.06. The summed E-state index contributed by atoms with van der Waals surface area (Å²) in [7, 11) is -2.62. The van der Waals surface area contributed by atoms with E-state index < -0.39 is 59.8 Å². The Morgan fingerprint density at radius 3 is 0.667 bits per heavy atom. The summed E-state index contributed by atoms with van der Waals surface area (Å²) in [5.74, 6) is -26.3. The van der Waals surface area contributed by atoms with Crippen molar-refractivity contribution in [2.45, 2.75) is 48.9 Å². The third-order valence-corrected chi connectivity index (χ3v) is 2.10. The van der Waals surface area contributed by atoms with Crippen molar-refractivity contribution < 1.29 is 87.4 Å². The Kier molecular flexibility index (Phi) is 11.4. The molecule has 0 aliphatic heterocycles. The molecule has 0 saturated carbocycles. The van der Waals surface area contributed by atoms with E-state index in [1.807, 2.05) is 0 Å². The van der Waals surface area contributed by atoms with E-state index in [1.54, 1.807) is 0 Å². The summed E-state index contributed by atoms with van der Waals surface area (Å²) >= 11 is 0. The molecule has 0 bridgehead atoms. The Labute approximate surface area is 153 Å². The number of rotatable bonds is 4. The van der Waals surface area contributed by atoms with E-state index in [1.165, 1.54) is 0 Å². The molecule has 0 aliphatic carbocycles. The van der Waals surface area contributed by atoms with Crippen LogP contribution in [0.5, 0.6) is 0 Å². The first kappa shape index (κ1) is 33.3. The molecule has 0 aromatic carbocycles. The molecule has 0 unspecified atom stereocenters. The highest BCUT2D eigenvalue weighted by Gasteiger charge is 2.77. The van der Waals surface area contributed by atoms with Crippen molar-refractivity contribution >= 4 is 10.9 Å². The second-order valence-electron chi connectivity index (χ2n) is 4.28. The van der Waals surface area contributed by atoms with Crippen LogP contribution in [0.1, 0.15) is 0 Å². The fourth-order valence-corrected chi connectivity index (χ4v) is 0.652. The van der Waals surface area contributed by atoms with Gasteiger partial charge in [-0.15, -0.1) is 0 Å². The van der Waals surface area contributed by atoms with Gasteiger partial charge < -0.3 is 0 Å². The van der Waals surface area contributed by atoms with Gasteiger partial charge in [-0.05, 0) is 0 Å². The average Bonchev–Trinajstić information content (AvgIpc) is 2.43. The monoisotopic (exact) mass is 521 g/mol. The van der Waals surface area contributed by atoms with Crippen LogP contribution in [0.25, 0.3) is 0 Å². The molecular formula is C8H5F18NO2S. The lowest BCUT2D eigenvalue weighted by Gasteiger charge is -2.27. The summed E-state index contributed by atoms with van der Waals surface area (Å²) in [4.78, 5) is 0. The Hall–Kier alpha value is -1.35. The molecule has 3 nitrogen and oxygen atoms in total. The second kappa shape index (κ2) is 10.3. The standard InChI is InChI=1S/2C4HF9.H3NO2S/c2*5-1(6)2(7,8)3(9,10)4(11,12)13;1-4(2)3/h2*1H;4H,(H2,1,2,3). The summed E-state index contributed by atoms with van der Waals surface area (Å²) in [6.07, 6.45) is -23.6. The van der Waals surface area contributed by atoms with Gasteiger partial charge in [0.05, 0.1) is 0 Å². The van der Waals surface area contributed by atoms with Gasteiger partial charge in [0.15, 0.2) is 10.9 Å². The maximum Gasteiger partial charge on any atom is 0.460 e. The number of halogens is 18. The molecule has 186 valence electrons. The molecule has 30 heavy (non-hydrogen) atoms. The minimum Gasteiger partial charge on any atom is -0.231 e. The van der Waals surface area contributed by atoms with Gasteiger partial charge in [-0.3, -0.25) is 0 Å². The van der Waals surface area contributed by atoms with E-state index >= 15 is 0 Å². The molecule has 22 heteroatoms. The normalized spacial score (nSPS) is 14.3. The predicted octanol–water partition coefficient (Wildman–Crippen LogP) is 4.64. The third kappa shape index (κ3) is 8.06. The van der Waals surface area contributed by atoms with Crippen molar-refractivity contribution in [3.05, 3.63) is 0 Å². The van der Waals surface area contributed by atoms with E-state index in [4.69, 9.17) is 8.42 Å². The zero-order valence-corrected chi connectivity index (χ0v) is 13.7. The highest BCUT2D eigenvalue weighted by molar-refractivity contribution is 7.69. The van der Waals surface area contributed by atoms with Crippen LogP contribution in [0.15, 0.2) is 0 Å². The van der Waals surface area contributed by atoms with Crippen LogP contribution in [-0.2, 0) is 10.9 Å². The first-order chi connectivity index (χ1) is 12.6. The average molecular weight is 521 g/mol. The van der Waals surface area contributed by atoms with Gasteiger partial charge in [-0.1, -0.05) is 0 Å². The smallest absolute Gasteiger partial charge is 0.231 e. The summed E-state index contributed by atoms with van der Waals surface area (Å²) in [5.41, 5.74) is 0. The molecule has 0 rings (SSSR count). The van der Waals surface area contributed by atoms with E-state index in [9.17, 15) is 79.0 Å². The van der Waals surface area contributed by atoms with Crippen molar-refractivity contribution in [1.82, 2.24) is 0 Å². The van der Waals surface area contributed by atoms with Crippen LogP contribution < -0.4 is 5.14 Å². The molecule has 0 aromatic heterocycles. The Morgan fingerprint density at radius 1 is 0.500 bits per heavy atom. The summed E-state index contributed by atoms with van der Waals surface area (Å²) in [6, 6.07) is 0. The van der Waals surface area contributed by atoms with E-state index in [2.05, 4.69) is 5.14 Å². The molecule has 0 saturated heterocycles. The minimum absolute atomic E-state index is 2.62. The third-order valence-electron chi connectivity index (χ3n) is 2.10. The number of hydrogen-bond donors (Lipinski definition) is 2. The number of alkyl halides is 18. The zero-order valence-electron chi connectivity index (χ0n) is 12.8.